The van der Waals surface area contributed by atoms with Crippen molar-refractivity contribution in [2.24, 2.45) is 0 Å². The third kappa shape index (κ3) is 3.79. The van der Waals surface area contributed by atoms with E-state index in [1.807, 2.05) is 13.0 Å². The van der Waals surface area contributed by atoms with Crippen molar-refractivity contribution in [1.29, 1.82) is 0 Å². The van der Waals surface area contributed by atoms with Crippen LogP contribution >= 0.6 is 0 Å². The molecule has 0 aliphatic heterocycles. The fraction of sp³-hybridized carbons (Fsp3) is 0.240. The monoisotopic (exact) mass is 371 g/mol. The maximum Gasteiger partial charge on any atom is 0.137 e. The highest BCUT2D eigenvalue weighted by Gasteiger charge is 2.10. The van der Waals surface area contributed by atoms with Crippen molar-refractivity contribution in [2.45, 2.75) is 33.6 Å². The molecule has 0 bridgehead atoms. The highest BCUT2D eigenvalue weighted by atomic mass is 16.5. The molecular weight excluding hydrogens is 346 g/mol. The molecule has 4 rings (SSSR count). The van der Waals surface area contributed by atoms with E-state index >= 15 is 0 Å². The number of fused-ring (bicyclic) bond motifs is 1. The second-order valence-electron chi connectivity index (χ2n) is 7.35. The Morgan fingerprint density at radius 1 is 0.893 bits per heavy atom. The van der Waals surface area contributed by atoms with Crippen molar-refractivity contribution in [3.8, 4) is 16.9 Å². The quantitative estimate of drug-likeness (QED) is 0.366. The van der Waals surface area contributed by atoms with E-state index in [4.69, 9.17) is 9.26 Å². The lowest BCUT2D eigenvalue weighted by Crippen LogP contribution is -2.02. The number of nitrogens with zero attached hydrogens (tertiary/aromatic N) is 1. The van der Waals surface area contributed by atoms with Crippen molar-refractivity contribution in [3.05, 3.63) is 83.2 Å². The summed E-state index contributed by atoms with van der Waals surface area (Å²) in [5, 5.41) is 6.47. The Hall–Kier alpha value is -3.07. The summed E-state index contributed by atoms with van der Waals surface area (Å²) in [6.07, 6.45) is 1.74. The predicted molar refractivity (Wildman–Crippen MR) is 114 cm³/mol. The van der Waals surface area contributed by atoms with Crippen LogP contribution in [0.3, 0.4) is 0 Å². The molecular formula is C25H25NO2. The summed E-state index contributed by atoms with van der Waals surface area (Å²) in [4.78, 5) is 0. The third-order valence-electron chi connectivity index (χ3n) is 5.05. The molecule has 0 unspecified atom stereocenters. The molecule has 4 aromatic rings. The van der Waals surface area contributed by atoms with Crippen LogP contribution in [0.5, 0.6) is 5.75 Å². The number of aromatic nitrogens is 1. The summed E-state index contributed by atoms with van der Waals surface area (Å²) < 4.78 is 11.4. The van der Waals surface area contributed by atoms with E-state index in [9.17, 15) is 0 Å². The van der Waals surface area contributed by atoms with E-state index in [1.165, 1.54) is 33.0 Å². The average molecular weight is 371 g/mol. The topological polar surface area (TPSA) is 35.3 Å². The minimum absolute atomic E-state index is 0.662. The largest absolute Gasteiger partial charge is 0.493 e. The van der Waals surface area contributed by atoms with Crippen LogP contribution in [-0.2, 0) is 6.42 Å². The Kier molecular flexibility index (Phi) is 5.16. The first-order chi connectivity index (χ1) is 13.6. The van der Waals surface area contributed by atoms with Gasteiger partial charge in [0, 0.05) is 12.5 Å². The van der Waals surface area contributed by atoms with Gasteiger partial charge in [-0.15, -0.1) is 0 Å². The molecule has 0 saturated carbocycles. The zero-order chi connectivity index (χ0) is 19.5. The van der Waals surface area contributed by atoms with Crippen molar-refractivity contribution in [2.75, 3.05) is 6.61 Å². The van der Waals surface area contributed by atoms with Gasteiger partial charge in [0.15, 0.2) is 0 Å². The Morgan fingerprint density at radius 2 is 1.64 bits per heavy atom. The first kappa shape index (κ1) is 18.3. The van der Waals surface area contributed by atoms with Gasteiger partial charge in [-0.05, 0) is 72.4 Å². The van der Waals surface area contributed by atoms with Crippen molar-refractivity contribution < 1.29 is 9.26 Å². The zero-order valence-corrected chi connectivity index (χ0v) is 16.7. The molecule has 0 N–H and O–H groups in total. The number of hydrogen-bond donors (Lipinski definition) is 0. The van der Waals surface area contributed by atoms with Crippen LogP contribution in [0.25, 0.3) is 21.9 Å². The lowest BCUT2D eigenvalue weighted by molar-refractivity contribution is 0.296. The number of hydrogen-bond acceptors (Lipinski definition) is 3. The van der Waals surface area contributed by atoms with E-state index in [2.05, 4.69) is 73.6 Å². The van der Waals surface area contributed by atoms with Gasteiger partial charge in [-0.25, -0.2) is 0 Å². The van der Waals surface area contributed by atoms with E-state index in [1.54, 1.807) is 0 Å². The summed E-state index contributed by atoms with van der Waals surface area (Å²) in [7, 11) is 0. The molecule has 3 aromatic carbocycles. The Bertz CT molecular complexity index is 1080. The SMILES string of the molecule is Cc1cc(CCCOc2c(C)cc(-c3cccc4ccccc34)cc2C)on1. The Balaban J connectivity index is 1.51. The molecule has 0 fully saturated rings. The van der Waals surface area contributed by atoms with E-state index in [-0.39, 0.29) is 0 Å². The van der Waals surface area contributed by atoms with Crippen molar-refractivity contribution in [1.82, 2.24) is 5.16 Å². The third-order valence-corrected chi connectivity index (χ3v) is 5.05. The van der Waals surface area contributed by atoms with Gasteiger partial charge in [-0.3, -0.25) is 0 Å². The van der Waals surface area contributed by atoms with Crippen LogP contribution in [0.4, 0.5) is 0 Å². The van der Waals surface area contributed by atoms with Crippen LogP contribution in [0.1, 0.15) is 29.0 Å². The number of ether oxygens (including phenoxy) is 1. The minimum atomic E-state index is 0.662. The molecule has 0 saturated heterocycles. The standard InChI is InChI=1S/C25H25NO2/c1-17-14-21(24-12-6-9-20-8-4-5-11-23(20)24)15-18(2)25(17)27-13-7-10-22-16-19(3)26-28-22/h4-6,8-9,11-12,14-16H,7,10,13H2,1-3H3. The normalized spacial score (nSPS) is 11.1. The van der Waals surface area contributed by atoms with Gasteiger partial charge in [0.25, 0.3) is 0 Å². The van der Waals surface area contributed by atoms with Crippen LogP contribution < -0.4 is 4.74 Å². The molecule has 0 aliphatic rings. The Labute approximate surface area is 165 Å². The molecule has 28 heavy (non-hydrogen) atoms. The molecule has 0 aliphatic carbocycles. The summed E-state index contributed by atoms with van der Waals surface area (Å²) >= 11 is 0. The van der Waals surface area contributed by atoms with Crippen LogP contribution in [0, 0.1) is 20.8 Å². The van der Waals surface area contributed by atoms with Gasteiger partial charge in [-0.1, -0.05) is 47.6 Å². The van der Waals surface area contributed by atoms with Gasteiger partial charge in [0.2, 0.25) is 0 Å². The lowest BCUT2D eigenvalue weighted by atomic mass is 9.95. The maximum atomic E-state index is 6.11. The molecule has 1 heterocycles. The first-order valence-electron chi connectivity index (χ1n) is 9.76. The summed E-state index contributed by atoms with van der Waals surface area (Å²) in [5.41, 5.74) is 5.75. The van der Waals surface area contributed by atoms with Gasteiger partial charge < -0.3 is 9.26 Å². The molecule has 1 aromatic heterocycles. The molecule has 0 atom stereocenters. The minimum Gasteiger partial charge on any atom is -0.493 e. The Morgan fingerprint density at radius 3 is 2.39 bits per heavy atom. The number of aryl methyl sites for hydroxylation is 4. The van der Waals surface area contributed by atoms with E-state index in [0.29, 0.717) is 6.61 Å². The van der Waals surface area contributed by atoms with Crippen molar-refractivity contribution in [3.63, 3.8) is 0 Å². The van der Waals surface area contributed by atoms with E-state index < -0.39 is 0 Å². The number of benzene rings is 3. The second kappa shape index (κ2) is 7.89. The fourth-order valence-electron chi connectivity index (χ4n) is 3.77. The second-order valence-corrected chi connectivity index (χ2v) is 7.35. The van der Waals surface area contributed by atoms with Crippen LogP contribution in [0.15, 0.2) is 65.2 Å². The lowest BCUT2D eigenvalue weighted by Gasteiger charge is -2.15. The van der Waals surface area contributed by atoms with Crippen LogP contribution in [0.2, 0.25) is 0 Å². The maximum absolute atomic E-state index is 6.11. The summed E-state index contributed by atoms with van der Waals surface area (Å²) in [5.74, 6) is 1.90. The average Bonchev–Trinajstić information content (AvgIpc) is 3.11. The van der Waals surface area contributed by atoms with Gasteiger partial charge >= 0.3 is 0 Å². The molecule has 0 radical (unpaired) electrons. The van der Waals surface area contributed by atoms with Gasteiger partial charge in [0.1, 0.15) is 11.5 Å². The molecule has 3 nitrogen and oxygen atoms in total. The van der Waals surface area contributed by atoms with Gasteiger partial charge in [0.05, 0.1) is 12.3 Å². The molecule has 0 amide bonds. The number of rotatable bonds is 6. The molecule has 142 valence electrons. The van der Waals surface area contributed by atoms with E-state index in [0.717, 1.165) is 30.0 Å². The van der Waals surface area contributed by atoms with Crippen LogP contribution in [-0.4, -0.2) is 11.8 Å². The fourth-order valence-corrected chi connectivity index (χ4v) is 3.77. The van der Waals surface area contributed by atoms with Gasteiger partial charge in [-0.2, -0.15) is 0 Å². The van der Waals surface area contributed by atoms with Crippen molar-refractivity contribution >= 4 is 10.8 Å². The summed E-state index contributed by atoms with van der Waals surface area (Å²) in [6, 6.07) is 21.4. The highest BCUT2D eigenvalue weighted by molar-refractivity contribution is 5.96. The predicted octanol–water partition coefficient (Wildman–Crippen LogP) is 6.43. The highest BCUT2D eigenvalue weighted by Crippen LogP contribution is 2.34. The first-order valence-corrected chi connectivity index (χ1v) is 9.76. The molecule has 3 heteroatoms. The zero-order valence-electron chi connectivity index (χ0n) is 16.7. The summed E-state index contributed by atoms with van der Waals surface area (Å²) in [6.45, 7) is 6.84. The smallest absolute Gasteiger partial charge is 0.137 e. The molecule has 0 spiro atoms.